The van der Waals surface area contributed by atoms with Gasteiger partial charge < -0.3 is 4.74 Å². The van der Waals surface area contributed by atoms with E-state index >= 15 is 0 Å². The van der Waals surface area contributed by atoms with Gasteiger partial charge in [-0.25, -0.2) is 0 Å². The number of halogens is 3. The molecule has 4 nitrogen and oxygen atoms in total. The Morgan fingerprint density at radius 2 is 1.95 bits per heavy atom. The SMILES string of the molecule is CC(C)n1cc(-c2cc(C#N)cc(OC(F)(F)F)c2)cn1. The highest BCUT2D eigenvalue weighted by molar-refractivity contribution is 5.66. The molecule has 2 rings (SSSR count). The van der Waals surface area contributed by atoms with Crippen LogP contribution in [0.25, 0.3) is 11.1 Å². The number of rotatable bonds is 3. The second-order valence-electron chi connectivity index (χ2n) is 4.71. The molecule has 7 heteroatoms. The molecule has 21 heavy (non-hydrogen) atoms. The van der Waals surface area contributed by atoms with Crippen LogP contribution in [0.15, 0.2) is 30.6 Å². The molecule has 0 aliphatic carbocycles. The highest BCUT2D eigenvalue weighted by Gasteiger charge is 2.31. The molecule has 1 heterocycles. The van der Waals surface area contributed by atoms with E-state index < -0.39 is 12.1 Å². The van der Waals surface area contributed by atoms with Gasteiger partial charge in [0.2, 0.25) is 0 Å². The van der Waals surface area contributed by atoms with Gasteiger partial charge in [-0.1, -0.05) is 0 Å². The average molecular weight is 295 g/mol. The van der Waals surface area contributed by atoms with Gasteiger partial charge >= 0.3 is 6.36 Å². The number of alkyl halides is 3. The topological polar surface area (TPSA) is 50.8 Å². The monoisotopic (exact) mass is 295 g/mol. The number of nitriles is 1. The minimum absolute atomic E-state index is 0.0871. The van der Waals surface area contributed by atoms with Gasteiger partial charge in [0.05, 0.1) is 17.8 Å². The maximum atomic E-state index is 12.3. The number of aromatic nitrogens is 2. The Morgan fingerprint density at radius 1 is 1.24 bits per heavy atom. The van der Waals surface area contributed by atoms with E-state index in [0.29, 0.717) is 11.1 Å². The van der Waals surface area contributed by atoms with E-state index in [0.717, 1.165) is 6.07 Å². The van der Waals surface area contributed by atoms with Crippen molar-refractivity contribution in [2.45, 2.75) is 26.3 Å². The molecule has 0 fully saturated rings. The first-order valence-corrected chi connectivity index (χ1v) is 6.14. The smallest absolute Gasteiger partial charge is 0.406 e. The van der Waals surface area contributed by atoms with Crippen molar-refractivity contribution in [1.29, 1.82) is 5.26 Å². The standard InChI is InChI=1S/C14H12F3N3O/c1-9(2)20-8-12(7-19-20)11-3-10(6-18)4-13(5-11)21-14(15,16)17/h3-5,7-9H,1-2H3. The molecule has 1 aromatic heterocycles. The number of benzene rings is 1. The van der Waals surface area contributed by atoms with E-state index in [4.69, 9.17) is 5.26 Å². The Kier molecular flexibility index (Phi) is 3.89. The Bertz CT molecular complexity index is 684. The van der Waals surface area contributed by atoms with Crippen LogP contribution in [-0.4, -0.2) is 16.1 Å². The molecule has 0 aliphatic heterocycles. The van der Waals surface area contributed by atoms with E-state index in [1.54, 1.807) is 10.9 Å². The fraction of sp³-hybridized carbons (Fsp3) is 0.286. The third kappa shape index (κ3) is 3.75. The summed E-state index contributed by atoms with van der Waals surface area (Å²) in [6.07, 6.45) is -1.56. The van der Waals surface area contributed by atoms with Gasteiger partial charge in [0.25, 0.3) is 0 Å². The van der Waals surface area contributed by atoms with Crippen molar-refractivity contribution in [3.05, 3.63) is 36.2 Å². The molecule has 1 aromatic carbocycles. The summed E-state index contributed by atoms with van der Waals surface area (Å²) in [6, 6.07) is 5.72. The molecule has 0 saturated carbocycles. The average Bonchev–Trinajstić information content (AvgIpc) is 2.86. The molecular formula is C14H12F3N3O. The highest BCUT2D eigenvalue weighted by Crippen LogP contribution is 2.29. The van der Waals surface area contributed by atoms with Crippen molar-refractivity contribution >= 4 is 0 Å². The van der Waals surface area contributed by atoms with Crippen LogP contribution >= 0.6 is 0 Å². The summed E-state index contributed by atoms with van der Waals surface area (Å²) < 4.78 is 42.5. The third-order valence-corrected chi connectivity index (χ3v) is 2.73. The molecule has 0 atom stereocenters. The first-order valence-electron chi connectivity index (χ1n) is 6.14. The van der Waals surface area contributed by atoms with E-state index in [9.17, 15) is 13.2 Å². The van der Waals surface area contributed by atoms with Gasteiger partial charge in [0.15, 0.2) is 0 Å². The zero-order chi connectivity index (χ0) is 15.6. The normalized spacial score (nSPS) is 11.5. The first-order chi connectivity index (χ1) is 9.78. The molecule has 0 N–H and O–H groups in total. The summed E-state index contributed by atoms with van der Waals surface area (Å²) in [5, 5.41) is 13.0. The van der Waals surface area contributed by atoms with Crippen molar-refractivity contribution in [2.24, 2.45) is 0 Å². The van der Waals surface area contributed by atoms with Crippen LogP contribution in [0.3, 0.4) is 0 Å². The van der Waals surface area contributed by atoms with E-state index in [1.807, 2.05) is 19.9 Å². The summed E-state index contributed by atoms with van der Waals surface area (Å²) >= 11 is 0. The largest absolute Gasteiger partial charge is 0.573 e. The Morgan fingerprint density at radius 3 is 2.48 bits per heavy atom. The predicted molar refractivity (Wildman–Crippen MR) is 69.4 cm³/mol. The first kappa shape index (κ1) is 14.9. The summed E-state index contributed by atoms with van der Waals surface area (Å²) in [7, 11) is 0. The van der Waals surface area contributed by atoms with Crippen molar-refractivity contribution in [3.63, 3.8) is 0 Å². The van der Waals surface area contributed by atoms with E-state index in [2.05, 4.69) is 9.84 Å². The lowest BCUT2D eigenvalue weighted by Crippen LogP contribution is -2.17. The van der Waals surface area contributed by atoms with Crippen molar-refractivity contribution < 1.29 is 17.9 Å². The minimum atomic E-state index is -4.80. The molecular weight excluding hydrogens is 283 g/mol. The van der Waals surface area contributed by atoms with Crippen LogP contribution < -0.4 is 4.74 Å². The van der Waals surface area contributed by atoms with E-state index in [-0.39, 0.29) is 11.6 Å². The molecule has 0 bridgehead atoms. The fourth-order valence-electron chi connectivity index (χ4n) is 1.79. The lowest BCUT2D eigenvalue weighted by molar-refractivity contribution is -0.274. The van der Waals surface area contributed by atoms with Gasteiger partial charge in [-0.15, -0.1) is 13.2 Å². The van der Waals surface area contributed by atoms with Gasteiger partial charge in [0, 0.05) is 17.8 Å². The zero-order valence-electron chi connectivity index (χ0n) is 11.3. The van der Waals surface area contributed by atoms with Crippen LogP contribution in [0.5, 0.6) is 5.75 Å². The van der Waals surface area contributed by atoms with Gasteiger partial charge in [-0.05, 0) is 37.6 Å². The molecule has 2 aromatic rings. The van der Waals surface area contributed by atoms with Crippen molar-refractivity contribution in [3.8, 4) is 22.9 Å². The minimum Gasteiger partial charge on any atom is -0.406 e. The molecule has 0 aliphatic rings. The molecule has 110 valence electrons. The number of hydrogen-bond donors (Lipinski definition) is 0. The maximum Gasteiger partial charge on any atom is 0.573 e. The highest BCUT2D eigenvalue weighted by atomic mass is 19.4. The summed E-state index contributed by atoms with van der Waals surface area (Å²) in [5.41, 5.74) is 1.15. The molecule has 0 saturated heterocycles. The number of nitrogens with zero attached hydrogens (tertiary/aromatic N) is 3. The van der Waals surface area contributed by atoms with Crippen LogP contribution in [0.4, 0.5) is 13.2 Å². The second kappa shape index (κ2) is 5.48. The van der Waals surface area contributed by atoms with Crippen LogP contribution in [0.1, 0.15) is 25.5 Å². The molecule has 0 spiro atoms. The Hall–Kier alpha value is -2.49. The summed E-state index contributed by atoms with van der Waals surface area (Å²) in [4.78, 5) is 0. The number of ether oxygens (including phenoxy) is 1. The lowest BCUT2D eigenvalue weighted by Gasteiger charge is -2.10. The van der Waals surface area contributed by atoms with Crippen molar-refractivity contribution in [2.75, 3.05) is 0 Å². The van der Waals surface area contributed by atoms with Crippen molar-refractivity contribution in [1.82, 2.24) is 9.78 Å². The molecule has 0 radical (unpaired) electrons. The fourth-order valence-corrected chi connectivity index (χ4v) is 1.79. The molecule has 0 amide bonds. The third-order valence-electron chi connectivity index (χ3n) is 2.73. The van der Waals surface area contributed by atoms with Gasteiger partial charge in [0.1, 0.15) is 5.75 Å². The van der Waals surface area contributed by atoms with Crippen LogP contribution in [0, 0.1) is 11.3 Å². The second-order valence-corrected chi connectivity index (χ2v) is 4.71. The summed E-state index contributed by atoms with van der Waals surface area (Å²) in [6.45, 7) is 3.86. The Labute approximate surface area is 119 Å². The summed E-state index contributed by atoms with van der Waals surface area (Å²) in [5.74, 6) is -0.422. The van der Waals surface area contributed by atoms with Crippen LogP contribution in [0.2, 0.25) is 0 Å². The maximum absolute atomic E-state index is 12.3. The quantitative estimate of drug-likeness (QED) is 0.862. The lowest BCUT2D eigenvalue weighted by atomic mass is 10.1. The van der Waals surface area contributed by atoms with Crippen LogP contribution in [-0.2, 0) is 0 Å². The van der Waals surface area contributed by atoms with E-state index in [1.165, 1.54) is 18.3 Å². The van der Waals surface area contributed by atoms with Gasteiger partial charge in [-0.3, -0.25) is 4.68 Å². The Balaban J connectivity index is 2.43. The molecule has 0 unspecified atom stereocenters. The zero-order valence-corrected chi connectivity index (χ0v) is 11.3. The number of hydrogen-bond acceptors (Lipinski definition) is 3. The predicted octanol–water partition coefficient (Wildman–Crippen LogP) is 3.90. The van der Waals surface area contributed by atoms with Gasteiger partial charge in [-0.2, -0.15) is 10.4 Å².